The number of halogens is 5. The van der Waals surface area contributed by atoms with E-state index < -0.39 is 23.7 Å². The van der Waals surface area contributed by atoms with Crippen LogP contribution < -0.4 is 4.90 Å². The van der Waals surface area contributed by atoms with E-state index in [0.29, 0.717) is 5.69 Å². The van der Waals surface area contributed by atoms with Crippen molar-refractivity contribution >= 4 is 35.1 Å². The molecule has 140 valence electrons. The summed E-state index contributed by atoms with van der Waals surface area (Å²) in [5, 5.41) is 7.12. The summed E-state index contributed by atoms with van der Waals surface area (Å²) in [5.41, 5.74) is -1.74. The molecular formula is C14H15ClF4N2O4. The van der Waals surface area contributed by atoms with Gasteiger partial charge in [-0.05, 0) is 12.1 Å². The van der Waals surface area contributed by atoms with Gasteiger partial charge in [-0.1, -0.05) is 29.8 Å². The van der Waals surface area contributed by atoms with Crippen molar-refractivity contribution in [3.8, 4) is 0 Å². The number of amides is 2. The number of alkyl halides is 5. The number of likely N-dealkylation sites (N-methyl/N-ethyl adjacent to an activating group) is 1. The lowest BCUT2D eigenvalue weighted by Crippen LogP contribution is -2.42. The summed E-state index contributed by atoms with van der Waals surface area (Å²) in [6.07, 6.45) is -5.08. The number of carbonyl (C=O) groups is 3. The lowest BCUT2D eigenvalue weighted by Gasteiger charge is -2.23. The number of para-hydroxylation sites is 1. The van der Waals surface area contributed by atoms with E-state index in [1.807, 2.05) is 0 Å². The van der Waals surface area contributed by atoms with Crippen LogP contribution in [-0.2, 0) is 14.4 Å². The van der Waals surface area contributed by atoms with E-state index in [0.717, 1.165) is 4.90 Å². The first-order chi connectivity index (χ1) is 11.4. The van der Waals surface area contributed by atoms with Crippen LogP contribution in [0, 0.1) is 0 Å². The fraction of sp³-hybridized carbons (Fsp3) is 0.357. The Balaban J connectivity index is 0.000000697. The fourth-order valence-corrected chi connectivity index (χ4v) is 1.42. The molecule has 1 unspecified atom stereocenters. The van der Waals surface area contributed by atoms with Crippen LogP contribution in [-0.4, -0.2) is 60.2 Å². The van der Waals surface area contributed by atoms with Crippen LogP contribution in [0.5, 0.6) is 0 Å². The number of hydrogen-bond donors (Lipinski definition) is 1. The summed E-state index contributed by atoms with van der Waals surface area (Å²) >= 11 is 5.15. The van der Waals surface area contributed by atoms with Gasteiger partial charge < -0.3 is 10.0 Å². The van der Waals surface area contributed by atoms with Crippen molar-refractivity contribution in [2.24, 2.45) is 0 Å². The monoisotopic (exact) mass is 386 g/mol. The highest BCUT2D eigenvalue weighted by Crippen LogP contribution is 2.16. The molecule has 0 aliphatic heterocycles. The van der Waals surface area contributed by atoms with Crippen LogP contribution in [0.1, 0.15) is 0 Å². The number of hydrogen-bond acceptors (Lipinski definition) is 3. The molecule has 1 atom stereocenters. The first-order valence-corrected chi connectivity index (χ1v) is 6.96. The molecule has 1 N–H and O–H groups in total. The Morgan fingerprint density at radius 2 is 1.60 bits per heavy atom. The molecule has 1 rings (SSSR count). The summed E-state index contributed by atoms with van der Waals surface area (Å²) in [6, 6.07) is 8.36. The van der Waals surface area contributed by atoms with E-state index in [1.165, 1.54) is 4.90 Å². The summed E-state index contributed by atoms with van der Waals surface area (Å²) in [7, 11) is 3.12. The molecule has 2 amide bonds. The van der Waals surface area contributed by atoms with Gasteiger partial charge in [0.05, 0.1) is 0 Å². The standard InChI is InChI=1S/C12H14ClFN2O2.C2HF3O2/c1-15(2)10(17)8-16(12(18)11(13)14)9-6-4-3-5-7-9;3-2(4,5)1(6)7/h3-7,11H,8H2,1-2H3;(H,6,7). The minimum atomic E-state index is -5.08. The Morgan fingerprint density at radius 1 is 1.16 bits per heavy atom. The first-order valence-electron chi connectivity index (χ1n) is 6.52. The molecule has 0 radical (unpaired) electrons. The Bertz CT molecular complexity index is 594. The van der Waals surface area contributed by atoms with Gasteiger partial charge in [0.2, 0.25) is 5.91 Å². The molecule has 1 aromatic rings. The molecule has 0 saturated carbocycles. The normalized spacial score (nSPS) is 11.6. The molecule has 0 aliphatic carbocycles. The van der Waals surface area contributed by atoms with Gasteiger partial charge in [0.15, 0.2) is 0 Å². The van der Waals surface area contributed by atoms with Crippen molar-refractivity contribution in [3.63, 3.8) is 0 Å². The van der Waals surface area contributed by atoms with Crippen molar-refractivity contribution in [3.05, 3.63) is 30.3 Å². The van der Waals surface area contributed by atoms with E-state index in [9.17, 15) is 27.2 Å². The van der Waals surface area contributed by atoms with Crippen molar-refractivity contribution in [2.75, 3.05) is 25.5 Å². The summed E-state index contributed by atoms with van der Waals surface area (Å²) in [5.74, 6) is -4.02. The fourth-order valence-electron chi connectivity index (χ4n) is 1.30. The van der Waals surface area contributed by atoms with Gasteiger partial charge >= 0.3 is 12.1 Å². The lowest BCUT2D eigenvalue weighted by molar-refractivity contribution is -0.192. The number of anilines is 1. The predicted molar refractivity (Wildman–Crippen MR) is 81.9 cm³/mol. The highest BCUT2D eigenvalue weighted by atomic mass is 35.5. The number of carboxylic acids is 1. The Morgan fingerprint density at radius 3 is 1.92 bits per heavy atom. The average molecular weight is 387 g/mol. The number of carboxylic acid groups (broad SMARTS) is 1. The van der Waals surface area contributed by atoms with E-state index in [4.69, 9.17) is 21.5 Å². The second-order valence-corrected chi connectivity index (χ2v) is 5.03. The molecule has 0 saturated heterocycles. The average Bonchev–Trinajstić information content (AvgIpc) is 2.52. The smallest absolute Gasteiger partial charge is 0.475 e. The SMILES string of the molecule is CN(C)C(=O)CN(C(=O)C(F)Cl)c1ccccc1.O=C(O)C(F)(F)F. The molecule has 1 aromatic carbocycles. The molecule has 0 aromatic heterocycles. The number of nitrogens with zero attached hydrogens (tertiary/aromatic N) is 2. The molecule has 11 heteroatoms. The topological polar surface area (TPSA) is 77.9 Å². The van der Waals surface area contributed by atoms with Crippen molar-refractivity contribution < 1.29 is 37.1 Å². The van der Waals surface area contributed by atoms with Crippen LogP contribution in [0.4, 0.5) is 23.2 Å². The second-order valence-electron chi connectivity index (χ2n) is 4.65. The zero-order valence-electron chi connectivity index (χ0n) is 13.1. The van der Waals surface area contributed by atoms with Crippen LogP contribution >= 0.6 is 11.6 Å². The largest absolute Gasteiger partial charge is 0.490 e. The number of benzene rings is 1. The summed E-state index contributed by atoms with van der Waals surface area (Å²) in [6.45, 7) is -0.247. The molecule has 0 aliphatic rings. The van der Waals surface area contributed by atoms with Crippen LogP contribution in [0.15, 0.2) is 30.3 Å². The molecular weight excluding hydrogens is 372 g/mol. The number of carbonyl (C=O) groups excluding carboxylic acids is 2. The van der Waals surface area contributed by atoms with E-state index in [1.54, 1.807) is 44.4 Å². The number of rotatable bonds is 4. The van der Waals surface area contributed by atoms with E-state index in [-0.39, 0.29) is 12.5 Å². The summed E-state index contributed by atoms with van der Waals surface area (Å²) < 4.78 is 44.7. The van der Waals surface area contributed by atoms with Crippen molar-refractivity contribution in [2.45, 2.75) is 11.8 Å². The minimum absolute atomic E-state index is 0.247. The summed E-state index contributed by atoms with van der Waals surface area (Å²) in [4.78, 5) is 34.5. The molecule has 0 fully saturated rings. The molecule has 0 heterocycles. The minimum Gasteiger partial charge on any atom is -0.475 e. The Hall–Kier alpha value is -2.36. The number of aliphatic carboxylic acids is 1. The maximum Gasteiger partial charge on any atom is 0.490 e. The highest BCUT2D eigenvalue weighted by molar-refractivity contribution is 6.31. The van der Waals surface area contributed by atoms with E-state index in [2.05, 4.69) is 0 Å². The van der Waals surface area contributed by atoms with Gasteiger partial charge in [-0.2, -0.15) is 13.2 Å². The van der Waals surface area contributed by atoms with Crippen molar-refractivity contribution in [1.29, 1.82) is 0 Å². The lowest BCUT2D eigenvalue weighted by atomic mass is 10.2. The van der Waals surface area contributed by atoms with Crippen LogP contribution in [0.25, 0.3) is 0 Å². The Kier molecular flexibility index (Phi) is 8.89. The van der Waals surface area contributed by atoms with Crippen LogP contribution in [0.2, 0.25) is 0 Å². The third-order valence-corrected chi connectivity index (χ3v) is 2.74. The van der Waals surface area contributed by atoms with Gasteiger partial charge in [0.25, 0.3) is 11.5 Å². The zero-order chi connectivity index (χ0) is 19.8. The van der Waals surface area contributed by atoms with Crippen molar-refractivity contribution in [1.82, 2.24) is 4.90 Å². The van der Waals surface area contributed by atoms with E-state index >= 15 is 0 Å². The molecule has 25 heavy (non-hydrogen) atoms. The molecule has 0 bridgehead atoms. The Labute approximate surface area is 145 Å². The van der Waals surface area contributed by atoms with Gasteiger partial charge in [0.1, 0.15) is 6.54 Å². The maximum atomic E-state index is 12.9. The van der Waals surface area contributed by atoms with Crippen LogP contribution in [0.3, 0.4) is 0 Å². The van der Waals surface area contributed by atoms with Gasteiger partial charge in [-0.25, -0.2) is 9.18 Å². The molecule has 6 nitrogen and oxygen atoms in total. The second kappa shape index (κ2) is 9.82. The maximum absolute atomic E-state index is 12.9. The van der Waals surface area contributed by atoms with Gasteiger partial charge in [0, 0.05) is 19.8 Å². The first kappa shape index (κ1) is 22.6. The predicted octanol–water partition coefficient (Wildman–Crippen LogP) is 2.28. The third-order valence-electron chi connectivity index (χ3n) is 2.56. The third kappa shape index (κ3) is 8.34. The van der Waals surface area contributed by atoms with Gasteiger partial charge in [-0.3, -0.25) is 14.5 Å². The highest BCUT2D eigenvalue weighted by Gasteiger charge is 2.38. The molecule has 0 spiro atoms. The van der Waals surface area contributed by atoms with Gasteiger partial charge in [-0.15, -0.1) is 0 Å². The zero-order valence-corrected chi connectivity index (χ0v) is 13.9. The quantitative estimate of drug-likeness (QED) is 0.636.